The molecule has 0 radical (unpaired) electrons. The average molecular weight is 693 g/mol. The lowest BCUT2D eigenvalue weighted by Crippen LogP contribution is -2.54. The van der Waals surface area contributed by atoms with Crippen molar-refractivity contribution in [1.29, 1.82) is 0 Å². The first-order valence-electron chi connectivity index (χ1n) is 15.8. The van der Waals surface area contributed by atoms with Crippen LogP contribution in [-0.4, -0.2) is 43.8 Å². The van der Waals surface area contributed by atoms with E-state index >= 15 is 0 Å². The third kappa shape index (κ3) is 8.36. The molecule has 1 aliphatic rings. The van der Waals surface area contributed by atoms with E-state index in [9.17, 15) is 18.0 Å². The van der Waals surface area contributed by atoms with Gasteiger partial charge in [0.05, 0.1) is 10.6 Å². The van der Waals surface area contributed by atoms with Crippen molar-refractivity contribution in [3.8, 4) is 0 Å². The Morgan fingerprint density at radius 2 is 1.47 bits per heavy atom. The molecule has 0 saturated heterocycles. The molecule has 0 heterocycles. The zero-order chi connectivity index (χ0) is 33.6. The van der Waals surface area contributed by atoms with E-state index in [1.165, 1.54) is 17.0 Å². The summed E-state index contributed by atoms with van der Waals surface area (Å²) in [4.78, 5) is 30.4. The summed E-state index contributed by atoms with van der Waals surface area (Å²) in [5.41, 5.74) is 3.23. The number of anilines is 1. The Hall–Kier alpha value is -3.85. The molecule has 1 aliphatic carbocycles. The maximum Gasteiger partial charge on any atom is 0.264 e. The van der Waals surface area contributed by atoms with Crippen LogP contribution in [0.5, 0.6) is 0 Å². The molecule has 7 nitrogen and oxygen atoms in total. The maximum atomic E-state index is 14.8. The maximum absolute atomic E-state index is 14.8. The molecule has 1 atom stereocenters. The normalized spacial score (nSPS) is 14.0. The Kier molecular flexibility index (Phi) is 11.3. The smallest absolute Gasteiger partial charge is 0.264 e. The molecule has 0 aliphatic heterocycles. The first kappa shape index (κ1) is 34.5. The molecular formula is C37H39Cl2N3O4S. The third-order valence-electron chi connectivity index (χ3n) is 8.61. The van der Waals surface area contributed by atoms with Crippen molar-refractivity contribution in [2.45, 2.75) is 69.5 Å². The number of rotatable bonds is 12. The lowest BCUT2D eigenvalue weighted by molar-refractivity contribution is -0.140. The van der Waals surface area contributed by atoms with Gasteiger partial charge in [0.15, 0.2) is 0 Å². The number of sulfonamides is 1. The van der Waals surface area contributed by atoms with Gasteiger partial charge in [-0.05, 0) is 73.7 Å². The first-order valence-corrected chi connectivity index (χ1v) is 18.0. The van der Waals surface area contributed by atoms with Crippen LogP contribution in [0.3, 0.4) is 0 Å². The van der Waals surface area contributed by atoms with Crippen molar-refractivity contribution < 1.29 is 18.0 Å². The van der Waals surface area contributed by atoms with Crippen LogP contribution in [0.25, 0.3) is 0 Å². The van der Waals surface area contributed by atoms with Crippen molar-refractivity contribution >= 4 is 50.7 Å². The third-order valence-corrected chi connectivity index (χ3v) is 11.1. The van der Waals surface area contributed by atoms with Gasteiger partial charge in [0, 0.05) is 34.6 Å². The van der Waals surface area contributed by atoms with E-state index in [4.69, 9.17) is 23.2 Å². The Balaban J connectivity index is 1.61. The molecular weight excluding hydrogens is 653 g/mol. The van der Waals surface area contributed by atoms with Crippen LogP contribution >= 0.6 is 23.2 Å². The van der Waals surface area contributed by atoms with Crippen LogP contribution in [0.4, 0.5) is 5.69 Å². The van der Waals surface area contributed by atoms with E-state index in [-0.39, 0.29) is 29.8 Å². The van der Waals surface area contributed by atoms with Crippen LogP contribution in [0, 0.1) is 13.8 Å². The molecule has 246 valence electrons. The van der Waals surface area contributed by atoms with Crippen LogP contribution in [0.15, 0.2) is 102 Å². The van der Waals surface area contributed by atoms with E-state index in [0.29, 0.717) is 26.9 Å². The summed E-state index contributed by atoms with van der Waals surface area (Å²) in [5.74, 6) is -0.870. The lowest BCUT2D eigenvalue weighted by atomic mass is 10.0. The number of carbonyl (C=O) groups is 2. The van der Waals surface area contributed by atoms with Crippen molar-refractivity contribution in [3.63, 3.8) is 0 Å². The molecule has 4 aromatic carbocycles. The molecule has 4 aromatic rings. The minimum Gasteiger partial charge on any atom is -0.352 e. The number of amides is 2. The van der Waals surface area contributed by atoms with Crippen molar-refractivity contribution in [1.82, 2.24) is 10.2 Å². The van der Waals surface area contributed by atoms with Gasteiger partial charge >= 0.3 is 0 Å². The van der Waals surface area contributed by atoms with Crippen LogP contribution in [-0.2, 0) is 32.6 Å². The van der Waals surface area contributed by atoms with E-state index in [0.717, 1.165) is 41.1 Å². The highest BCUT2D eigenvalue weighted by Gasteiger charge is 2.36. The van der Waals surface area contributed by atoms with Gasteiger partial charge in [0.25, 0.3) is 10.0 Å². The first-order chi connectivity index (χ1) is 22.5. The van der Waals surface area contributed by atoms with Crippen molar-refractivity contribution in [2.24, 2.45) is 0 Å². The fourth-order valence-electron chi connectivity index (χ4n) is 6.00. The predicted octanol–water partition coefficient (Wildman–Crippen LogP) is 7.50. The summed E-state index contributed by atoms with van der Waals surface area (Å²) < 4.78 is 29.7. The second kappa shape index (κ2) is 15.4. The fraction of sp³-hybridized carbons (Fsp3) is 0.297. The number of nitrogens with zero attached hydrogens (tertiary/aromatic N) is 2. The second-order valence-corrected chi connectivity index (χ2v) is 14.7. The summed E-state index contributed by atoms with van der Waals surface area (Å²) >= 11 is 13.2. The lowest BCUT2D eigenvalue weighted by Gasteiger charge is -2.35. The molecule has 5 rings (SSSR count). The largest absolute Gasteiger partial charge is 0.352 e. The highest BCUT2D eigenvalue weighted by atomic mass is 35.5. The minimum absolute atomic E-state index is 0.00604. The highest BCUT2D eigenvalue weighted by Crippen LogP contribution is 2.31. The highest BCUT2D eigenvalue weighted by molar-refractivity contribution is 7.92. The van der Waals surface area contributed by atoms with Crippen LogP contribution in [0.1, 0.15) is 47.9 Å². The van der Waals surface area contributed by atoms with Crippen molar-refractivity contribution in [2.75, 3.05) is 10.8 Å². The molecule has 0 unspecified atom stereocenters. The molecule has 1 fully saturated rings. The summed E-state index contributed by atoms with van der Waals surface area (Å²) in [6.07, 6.45) is 3.98. The number of halogens is 2. The van der Waals surface area contributed by atoms with Crippen LogP contribution in [0.2, 0.25) is 10.0 Å². The number of nitrogens with one attached hydrogen (secondary N) is 1. The zero-order valence-electron chi connectivity index (χ0n) is 26.5. The molecule has 1 N–H and O–H groups in total. The molecule has 0 aromatic heterocycles. The van der Waals surface area contributed by atoms with E-state index in [2.05, 4.69) is 5.32 Å². The Bertz CT molecular complexity index is 1790. The molecule has 0 bridgehead atoms. The standard InChI is InChI=1S/C37H39Cl2N3O4S/c1-26-20-21-27(2)34(22-26)42(47(45,46)30-16-7-4-8-17-30)25-36(43)41(24-31-32(38)18-11-19-33(31)39)35(23-28-12-5-3-6-13-28)37(44)40-29-14-9-10-15-29/h3-8,11-13,16-22,29,35H,9-10,14-15,23-25H2,1-2H3,(H,40,44)/t35-/m1/s1. The molecule has 2 amide bonds. The van der Waals surface area contributed by atoms with E-state index in [1.807, 2.05) is 49.4 Å². The predicted molar refractivity (Wildman–Crippen MR) is 188 cm³/mol. The van der Waals surface area contributed by atoms with Gasteiger partial charge in [-0.25, -0.2) is 8.42 Å². The summed E-state index contributed by atoms with van der Waals surface area (Å²) in [6, 6.07) is 27.1. The average Bonchev–Trinajstić information content (AvgIpc) is 3.57. The Labute approximate surface area is 287 Å². The summed E-state index contributed by atoms with van der Waals surface area (Å²) in [7, 11) is -4.20. The SMILES string of the molecule is Cc1ccc(C)c(N(CC(=O)N(Cc2c(Cl)cccc2Cl)[C@H](Cc2ccccc2)C(=O)NC2CCCC2)S(=O)(=O)c2ccccc2)c1. The monoisotopic (exact) mass is 691 g/mol. The number of carbonyl (C=O) groups excluding carboxylic acids is 2. The number of aryl methyl sites for hydroxylation is 2. The second-order valence-electron chi connectivity index (χ2n) is 12.0. The Morgan fingerprint density at radius 3 is 2.11 bits per heavy atom. The van der Waals surface area contributed by atoms with E-state index < -0.39 is 28.5 Å². The van der Waals surface area contributed by atoms with Gasteiger partial charge in [0.2, 0.25) is 11.8 Å². The minimum atomic E-state index is -4.20. The van der Waals surface area contributed by atoms with Crippen molar-refractivity contribution in [3.05, 3.63) is 129 Å². The van der Waals surface area contributed by atoms with Gasteiger partial charge in [-0.3, -0.25) is 13.9 Å². The zero-order valence-corrected chi connectivity index (χ0v) is 28.9. The molecule has 10 heteroatoms. The topological polar surface area (TPSA) is 86.8 Å². The van der Waals surface area contributed by atoms with Gasteiger partial charge in [-0.15, -0.1) is 0 Å². The van der Waals surface area contributed by atoms with Crippen LogP contribution < -0.4 is 9.62 Å². The summed E-state index contributed by atoms with van der Waals surface area (Å²) in [6.45, 7) is 3.03. The number of benzene rings is 4. The molecule has 0 spiro atoms. The van der Waals surface area contributed by atoms with E-state index in [1.54, 1.807) is 49.4 Å². The molecule has 1 saturated carbocycles. The fourth-order valence-corrected chi connectivity index (χ4v) is 8.00. The van der Waals surface area contributed by atoms with Gasteiger partial charge in [-0.1, -0.05) is 103 Å². The summed E-state index contributed by atoms with van der Waals surface area (Å²) in [5, 5.41) is 3.86. The van der Waals surface area contributed by atoms with Gasteiger partial charge in [0.1, 0.15) is 12.6 Å². The van der Waals surface area contributed by atoms with Gasteiger partial charge in [-0.2, -0.15) is 0 Å². The Morgan fingerprint density at radius 1 is 0.851 bits per heavy atom. The van der Waals surface area contributed by atoms with Gasteiger partial charge < -0.3 is 10.2 Å². The quantitative estimate of drug-likeness (QED) is 0.167. The molecule has 47 heavy (non-hydrogen) atoms. The number of hydrogen-bond donors (Lipinski definition) is 1. The number of hydrogen-bond acceptors (Lipinski definition) is 4.